The second kappa shape index (κ2) is 6.91. The Kier molecular flexibility index (Phi) is 5.38. The minimum Gasteiger partial charge on any atom is -0.330 e. The number of benzene rings is 1. The molecule has 1 aromatic rings. The minimum absolute atomic E-state index is 0.0975. The fraction of sp³-hybridized carbons (Fsp3) is 0.538. The Morgan fingerprint density at radius 1 is 1.36 bits per heavy atom. The normalized spacial score (nSPS) is 22.5. The lowest BCUT2D eigenvalue weighted by Gasteiger charge is -2.31. The van der Waals surface area contributed by atoms with Crippen LogP contribution in [-0.2, 0) is 10.0 Å². The molecule has 0 heterocycles. The molecule has 1 fully saturated rings. The highest BCUT2D eigenvalue weighted by Gasteiger charge is 2.30. The number of nitrogens with one attached hydrogen (secondary N) is 1. The molecular formula is C13H18ClN3O4S. The molecule has 122 valence electrons. The number of nitrogens with two attached hydrogens (primary N) is 1. The van der Waals surface area contributed by atoms with Crippen LogP contribution in [0, 0.1) is 16.0 Å². The number of nitro benzene ring substituents is 1. The average molecular weight is 348 g/mol. The van der Waals surface area contributed by atoms with Crippen LogP contribution < -0.4 is 10.5 Å². The summed E-state index contributed by atoms with van der Waals surface area (Å²) < 4.78 is 27.6. The molecule has 1 aliphatic rings. The molecule has 1 aromatic carbocycles. The number of non-ortho nitro benzene ring substituents is 1. The van der Waals surface area contributed by atoms with E-state index in [0.29, 0.717) is 6.54 Å². The summed E-state index contributed by atoms with van der Waals surface area (Å²) in [7, 11) is -3.84. The first kappa shape index (κ1) is 17.1. The fourth-order valence-corrected chi connectivity index (χ4v) is 4.61. The third-order valence-corrected chi connectivity index (χ3v) is 5.91. The molecule has 2 unspecified atom stereocenters. The van der Waals surface area contributed by atoms with Gasteiger partial charge in [-0.2, -0.15) is 0 Å². The van der Waals surface area contributed by atoms with E-state index in [9.17, 15) is 18.5 Å². The van der Waals surface area contributed by atoms with Crippen LogP contribution >= 0.6 is 11.6 Å². The van der Waals surface area contributed by atoms with Crippen molar-refractivity contribution in [2.45, 2.75) is 36.6 Å². The van der Waals surface area contributed by atoms with Crippen LogP contribution in [-0.4, -0.2) is 25.9 Å². The van der Waals surface area contributed by atoms with E-state index in [1.54, 1.807) is 0 Å². The number of nitrogens with zero attached hydrogens (tertiary/aromatic N) is 1. The zero-order chi connectivity index (χ0) is 16.3. The van der Waals surface area contributed by atoms with Gasteiger partial charge >= 0.3 is 0 Å². The number of hydrogen-bond acceptors (Lipinski definition) is 5. The Morgan fingerprint density at radius 2 is 2.05 bits per heavy atom. The summed E-state index contributed by atoms with van der Waals surface area (Å²) in [5, 5.41) is 10.5. The van der Waals surface area contributed by atoms with E-state index in [4.69, 9.17) is 17.3 Å². The summed E-state index contributed by atoms with van der Waals surface area (Å²) in [5.74, 6) is 0.0975. The minimum atomic E-state index is -3.84. The maximum Gasteiger partial charge on any atom is 0.271 e. The monoisotopic (exact) mass is 347 g/mol. The second-order valence-electron chi connectivity index (χ2n) is 5.38. The predicted octanol–water partition coefficient (Wildman–Crippen LogP) is 2.04. The maximum atomic E-state index is 12.5. The third-order valence-electron chi connectivity index (χ3n) is 3.93. The fourth-order valence-electron chi connectivity index (χ4n) is 2.73. The summed E-state index contributed by atoms with van der Waals surface area (Å²) in [6, 6.07) is 3.09. The molecule has 2 atom stereocenters. The van der Waals surface area contributed by atoms with Crippen LogP contribution in [0.25, 0.3) is 0 Å². The van der Waals surface area contributed by atoms with Crippen LogP contribution in [0.1, 0.15) is 25.7 Å². The Balaban J connectivity index is 2.24. The molecule has 22 heavy (non-hydrogen) atoms. The molecule has 0 bridgehead atoms. The van der Waals surface area contributed by atoms with E-state index in [1.807, 2.05) is 0 Å². The first-order valence-electron chi connectivity index (χ1n) is 7.01. The van der Waals surface area contributed by atoms with Gasteiger partial charge in [0.05, 0.1) is 9.95 Å². The smallest absolute Gasteiger partial charge is 0.271 e. The van der Waals surface area contributed by atoms with Gasteiger partial charge in [-0.1, -0.05) is 24.4 Å². The van der Waals surface area contributed by atoms with Crippen molar-refractivity contribution >= 4 is 27.3 Å². The summed E-state index contributed by atoms with van der Waals surface area (Å²) in [5.41, 5.74) is 5.45. The second-order valence-corrected chi connectivity index (χ2v) is 7.47. The molecule has 3 N–H and O–H groups in total. The van der Waals surface area contributed by atoms with Gasteiger partial charge in [-0.15, -0.1) is 0 Å². The SMILES string of the molecule is NCC1CCCCC1NS(=O)(=O)c1ccc([N+](=O)[O-])cc1Cl. The number of hydrogen-bond donors (Lipinski definition) is 2. The first-order valence-corrected chi connectivity index (χ1v) is 8.87. The van der Waals surface area contributed by atoms with Gasteiger partial charge in [0.15, 0.2) is 0 Å². The van der Waals surface area contributed by atoms with Crippen molar-refractivity contribution in [3.8, 4) is 0 Å². The van der Waals surface area contributed by atoms with Gasteiger partial charge in [-0.25, -0.2) is 13.1 Å². The number of rotatable bonds is 5. The lowest BCUT2D eigenvalue weighted by Crippen LogP contribution is -2.44. The van der Waals surface area contributed by atoms with Crippen LogP contribution in [0.2, 0.25) is 5.02 Å². The van der Waals surface area contributed by atoms with E-state index >= 15 is 0 Å². The quantitative estimate of drug-likeness (QED) is 0.624. The summed E-state index contributed by atoms with van der Waals surface area (Å²) in [4.78, 5) is 9.91. The summed E-state index contributed by atoms with van der Waals surface area (Å²) in [6.07, 6.45) is 3.60. The van der Waals surface area contributed by atoms with Gasteiger partial charge in [-0.3, -0.25) is 10.1 Å². The molecule has 1 aliphatic carbocycles. The summed E-state index contributed by atoms with van der Waals surface area (Å²) in [6.45, 7) is 0.418. The van der Waals surface area contributed by atoms with Crippen molar-refractivity contribution in [1.29, 1.82) is 0 Å². The van der Waals surface area contributed by atoms with Crippen LogP contribution in [0.5, 0.6) is 0 Å². The molecule has 0 aromatic heterocycles. The van der Waals surface area contributed by atoms with E-state index in [1.165, 1.54) is 0 Å². The lowest BCUT2D eigenvalue weighted by atomic mass is 9.85. The Morgan fingerprint density at radius 3 is 2.64 bits per heavy atom. The van der Waals surface area contributed by atoms with Crippen molar-refractivity contribution in [2.24, 2.45) is 11.7 Å². The van der Waals surface area contributed by atoms with Crippen molar-refractivity contribution in [3.05, 3.63) is 33.3 Å². The van der Waals surface area contributed by atoms with E-state index in [-0.39, 0.29) is 27.6 Å². The molecule has 0 spiro atoms. The topological polar surface area (TPSA) is 115 Å². The average Bonchev–Trinajstić information content (AvgIpc) is 2.46. The molecule has 0 aliphatic heterocycles. The third kappa shape index (κ3) is 3.75. The molecule has 7 nitrogen and oxygen atoms in total. The van der Waals surface area contributed by atoms with E-state index in [0.717, 1.165) is 43.9 Å². The molecule has 0 radical (unpaired) electrons. The number of sulfonamides is 1. The van der Waals surface area contributed by atoms with Gasteiger partial charge in [0.2, 0.25) is 10.0 Å². The van der Waals surface area contributed by atoms with Crippen LogP contribution in [0.15, 0.2) is 23.1 Å². The zero-order valence-corrected chi connectivity index (χ0v) is 13.4. The van der Waals surface area contributed by atoms with E-state index < -0.39 is 14.9 Å². The largest absolute Gasteiger partial charge is 0.330 e. The molecule has 0 amide bonds. The molecule has 0 saturated heterocycles. The van der Waals surface area contributed by atoms with Gasteiger partial charge in [0.25, 0.3) is 5.69 Å². The van der Waals surface area contributed by atoms with Crippen molar-refractivity contribution in [3.63, 3.8) is 0 Å². The number of nitro groups is 1. The van der Waals surface area contributed by atoms with Gasteiger partial charge < -0.3 is 5.73 Å². The number of halogens is 1. The predicted molar refractivity (Wildman–Crippen MR) is 83.2 cm³/mol. The van der Waals surface area contributed by atoms with Gasteiger partial charge in [-0.05, 0) is 31.4 Å². The maximum absolute atomic E-state index is 12.5. The standard InChI is InChI=1S/C13H18ClN3O4S/c14-11-7-10(17(18)19)5-6-13(11)22(20,21)16-12-4-2-1-3-9(12)8-15/h5-7,9,12,16H,1-4,8,15H2. The van der Waals surface area contributed by atoms with Gasteiger partial charge in [0, 0.05) is 18.2 Å². The Labute approximate surface area is 134 Å². The molecule has 2 rings (SSSR count). The highest BCUT2D eigenvalue weighted by atomic mass is 35.5. The first-order chi connectivity index (χ1) is 10.3. The Hall–Kier alpha value is -1.22. The lowest BCUT2D eigenvalue weighted by molar-refractivity contribution is -0.384. The van der Waals surface area contributed by atoms with E-state index in [2.05, 4.69) is 4.72 Å². The Bertz CT molecular complexity index is 665. The van der Waals surface area contributed by atoms with Crippen molar-refractivity contribution in [1.82, 2.24) is 4.72 Å². The molecule has 1 saturated carbocycles. The van der Waals surface area contributed by atoms with Crippen LogP contribution in [0.4, 0.5) is 5.69 Å². The zero-order valence-electron chi connectivity index (χ0n) is 11.9. The van der Waals surface area contributed by atoms with Crippen molar-refractivity contribution < 1.29 is 13.3 Å². The highest BCUT2D eigenvalue weighted by molar-refractivity contribution is 7.89. The summed E-state index contributed by atoms with van der Waals surface area (Å²) >= 11 is 5.90. The highest BCUT2D eigenvalue weighted by Crippen LogP contribution is 2.29. The van der Waals surface area contributed by atoms with Crippen LogP contribution in [0.3, 0.4) is 0 Å². The van der Waals surface area contributed by atoms with Gasteiger partial charge in [0.1, 0.15) is 4.90 Å². The van der Waals surface area contributed by atoms with Crippen molar-refractivity contribution in [2.75, 3.05) is 6.54 Å². The molecule has 9 heteroatoms. The molecular weight excluding hydrogens is 330 g/mol.